The summed E-state index contributed by atoms with van der Waals surface area (Å²) in [4.78, 5) is 17.8. The summed E-state index contributed by atoms with van der Waals surface area (Å²) in [6.07, 6.45) is 0.912. The number of hydrogen-bond acceptors (Lipinski definition) is 5. The van der Waals surface area contributed by atoms with Gasteiger partial charge in [0.25, 0.3) is 5.56 Å². The molecule has 0 fully saturated rings. The predicted molar refractivity (Wildman–Crippen MR) is 103 cm³/mol. The average molecular weight is 371 g/mol. The molecule has 4 aromatic rings. The first-order chi connectivity index (χ1) is 12.1. The molecule has 0 spiro atoms. The fourth-order valence-electron chi connectivity index (χ4n) is 2.84. The van der Waals surface area contributed by atoms with Crippen molar-refractivity contribution in [3.8, 4) is 0 Å². The van der Waals surface area contributed by atoms with Gasteiger partial charge in [0.15, 0.2) is 0 Å². The molecule has 0 saturated carbocycles. The van der Waals surface area contributed by atoms with Gasteiger partial charge in [-0.05, 0) is 42.7 Å². The van der Waals surface area contributed by atoms with Crippen molar-refractivity contribution in [1.82, 2.24) is 14.6 Å². The van der Waals surface area contributed by atoms with Crippen LogP contribution < -0.4 is 10.9 Å². The van der Waals surface area contributed by atoms with Gasteiger partial charge in [0.2, 0.25) is 10.1 Å². The Balaban J connectivity index is 1.86. The molecule has 2 aromatic carbocycles. The molecule has 2 heterocycles. The smallest absolute Gasteiger partial charge is 0.283 e. The molecule has 0 aliphatic heterocycles. The Morgan fingerprint density at radius 1 is 1.28 bits per heavy atom. The molecule has 0 amide bonds. The van der Waals surface area contributed by atoms with Crippen LogP contribution in [0.2, 0.25) is 5.02 Å². The lowest BCUT2D eigenvalue weighted by Crippen LogP contribution is -2.15. The molecule has 7 heteroatoms. The van der Waals surface area contributed by atoms with Crippen molar-refractivity contribution < 1.29 is 0 Å². The molecule has 25 heavy (non-hydrogen) atoms. The van der Waals surface area contributed by atoms with Gasteiger partial charge in [-0.3, -0.25) is 4.79 Å². The van der Waals surface area contributed by atoms with Gasteiger partial charge in [0, 0.05) is 10.7 Å². The number of nitrogens with zero attached hydrogens (tertiary/aromatic N) is 3. The minimum atomic E-state index is -0.215. The lowest BCUT2D eigenvalue weighted by atomic mass is 10.1. The van der Waals surface area contributed by atoms with Crippen molar-refractivity contribution in [2.24, 2.45) is 0 Å². The van der Waals surface area contributed by atoms with Crippen LogP contribution in [0.15, 0.2) is 41.2 Å². The average Bonchev–Trinajstić information content (AvgIpc) is 3.00. The van der Waals surface area contributed by atoms with Gasteiger partial charge >= 0.3 is 0 Å². The lowest BCUT2D eigenvalue weighted by molar-refractivity contribution is 0.919. The molecule has 0 atom stereocenters. The molecule has 126 valence electrons. The number of halogens is 1. The number of benzene rings is 2. The quantitative estimate of drug-likeness (QED) is 0.573. The molecule has 0 aliphatic rings. The van der Waals surface area contributed by atoms with Crippen LogP contribution in [0.1, 0.15) is 18.1 Å². The Bertz CT molecular complexity index is 1170. The molecule has 4 rings (SSSR count). The molecule has 2 aromatic heterocycles. The van der Waals surface area contributed by atoms with Gasteiger partial charge < -0.3 is 5.32 Å². The summed E-state index contributed by atoms with van der Waals surface area (Å²) in [5.41, 5.74) is 3.78. The van der Waals surface area contributed by atoms with E-state index in [9.17, 15) is 4.79 Å². The summed E-state index contributed by atoms with van der Waals surface area (Å²) in [6, 6.07) is 11.3. The molecule has 0 saturated heterocycles. The van der Waals surface area contributed by atoms with Crippen molar-refractivity contribution in [3.63, 3.8) is 0 Å². The van der Waals surface area contributed by atoms with E-state index in [0.717, 1.165) is 17.7 Å². The monoisotopic (exact) mass is 370 g/mol. The number of para-hydroxylation sites is 1. The Kier molecular flexibility index (Phi) is 3.94. The van der Waals surface area contributed by atoms with Crippen LogP contribution in [0.4, 0.5) is 10.8 Å². The maximum atomic E-state index is 12.7. The van der Waals surface area contributed by atoms with Gasteiger partial charge in [-0.1, -0.05) is 48.1 Å². The van der Waals surface area contributed by atoms with E-state index in [4.69, 9.17) is 11.6 Å². The summed E-state index contributed by atoms with van der Waals surface area (Å²) in [7, 11) is 0. The summed E-state index contributed by atoms with van der Waals surface area (Å²) in [5, 5.41) is 9.37. The molecule has 0 bridgehead atoms. The number of anilines is 2. The first kappa shape index (κ1) is 16.1. The Morgan fingerprint density at radius 2 is 2.12 bits per heavy atom. The maximum absolute atomic E-state index is 12.7. The largest absolute Gasteiger partial charge is 0.330 e. The van der Waals surface area contributed by atoms with Crippen LogP contribution in [-0.2, 0) is 6.42 Å². The highest BCUT2D eigenvalue weighted by Crippen LogP contribution is 2.28. The fourth-order valence-corrected chi connectivity index (χ4v) is 3.81. The van der Waals surface area contributed by atoms with E-state index >= 15 is 0 Å². The van der Waals surface area contributed by atoms with Crippen molar-refractivity contribution >= 4 is 49.6 Å². The van der Waals surface area contributed by atoms with Crippen LogP contribution in [0.3, 0.4) is 0 Å². The first-order valence-electron chi connectivity index (χ1n) is 7.91. The highest BCUT2D eigenvalue weighted by atomic mass is 35.5. The van der Waals surface area contributed by atoms with Gasteiger partial charge in [-0.15, -0.1) is 5.10 Å². The zero-order valence-electron chi connectivity index (χ0n) is 13.7. The summed E-state index contributed by atoms with van der Waals surface area (Å²) < 4.78 is 1.33. The van der Waals surface area contributed by atoms with E-state index in [0.29, 0.717) is 26.0 Å². The number of aromatic nitrogens is 3. The summed E-state index contributed by atoms with van der Waals surface area (Å²) >= 11 is 7.35. The third kappa shape index (κ3) is 2.77. The van der Waals surface area contributed by atoms with E-state index < -0.39 is 0 Å². The molecular formula is C18H15ClN4OS. The van der Waals surface area contributed by atoms with Crippen molar-refractivity contribution in [1.29, 1.82) is 0 Å². The Labute approximate surface area is 152 Å². The second kappa shape index (κ2) is 6.13. The molecule has 0 unspecified atom stereocenters. The second-order valence-electron chi connectivity index (χ2n) is 5.77. The van der Waals surface area contributed by atoms with Crippen molar-refractivity contribution in [2.75, 3.05) is 5.32 Å². The number of fused-ring (bicyclic) bond motifs is 2. The van der Waals surface area contributed by atoms with E-state index in [2.05, 4.69) is 41.4 Å². The Morgan fingerprint density at radius 3 is 2.92 bits per heavy atom. The lowest BCUT2D eigenvalue weighted by Gasteiger charge is -2.11. The van der Waals surface area contributed by atoms with Gasteiger partial charge in [-0.2, -0.15) is 4.52 Å². The molecular weight excluding hydrogens is 356 g/mol. The third-order valence-corrected chi connectivity index (χ3v) is 5.19. The van der Waals surface area contributed by atoms with E-state index in [1.54, 1.807) is 18.2 Å². The second-order valence-corrected chi connectivity index (χ2v) is 7.16. The van der Waals surface area contributed by atoms with Crippen LogP contribution in [-0.4, -0.2) is 14.6 Å². The number of rotatable bonds is 3. The standard InChI is InChI=1S/C18H15ClN4OS/c1-3-11-6-4-5-10(2)15(11)21-17-22-23-16(24)13-9-12(19)7-8-14(13)20-18(23)25-17/h4-9H,3H2,1-2H3,(H,21,22). The van der Waals surface area contributed by atoms with Crippen molar-refractivity contribution in [2.45, 2.75) is 20.3 Å². The van der Waals surface area contributed by atoms with Gasteiger partial charge in [0.05, 0.1) is 10.9 Å². The molecule has 0 radical (unpaired) electrons. The van der Waals surface area contributed by atoms with Crippen LogP contribution in [0.25, 0.3) is 15.9 Å². The maximum Gasteiger partial charge on any atom is 0.283 e. The molecule has 1 N–H and O–H groups in total. The van der Waals surface area contributed by atoms with Gasteiger partial charge in [-0.25, -0.2) is 4.98 Å². The van der Waals surface area contributed by atoms with Crippen LogP contribution >= 0.6 is 22.9 Å². The molecule has 5 nitrogen and oxygen atoms in total. The van der Waals surface area contributed by atoms with Crippen LogP contribution in [0.5, 0.6) is 0 Å². The topological polar surface area (TPSA) is 59.3 Å². The third-order valence-electron chi connectivity index (χ3n) is 4.13. The summed E-state index contributed by atoms with van der Waals surface area (Å²) in [6.45, 7) is 4.16. The predicted octanol–water partition coefficient (Wildman–Crippen LogP) is 4.57. The highest BCUT2D eigenvalue weighted by molar-refractivity contribution is 7.20. The Hall–Kier alpha value is -2.44. The minimum absolute atomic E-state index is 0.215. The summed E-state index contributed by atoms with van der Waals surface area (Å²) in [5.74, 6) is 0. The van der Waals surface area contributed by atoms with E-state index in [-0.39, 0.29) is 5.56 Å². The normalized spacial score (nSPS) is 11.3. The highest BCUT2D eigenvalue weighted by Gasteiger charge is 2.13. The molecule has 0 aliphatic carbocycles. The van der Waals surface area contributed by atoms with Crippen molar-refractivity contribution in [3.05, 3.63) is 62.9 Å². The number of nitrogens with one attached hydrogen (secondary N) is 1. The van der Waals surface area contributed by atoms with Gasteiger partial charge in [0.1, 0.15) is 0 Å². The SMILES string of the molecule is CCc1cccc(C)c1Nc1nn2c(=O)c3cc(Cl)ccc3nc2s1. The number of aryl methyl sites for hydroxylation is 2. The van der Waals surface area contributed by atoms with E-state index in [1.807, 2.05) is 6.07 Å². The first-order valence-corrected chi connectivity index (χ1v) is 9.11. The number of hydrogen-bond donors (Lipinski definition) is 1. The zero-order valence-corrected chi connectivity index (χ0v) is 15.3. The van der Waals surface area contributed by atoms with E-state index in [1.165, 1.54) is 21.4 Å². The van der Waals surface area contributed by atoms with Crippen LogP contribution in [0, 0.1) is 6.92 Å². The zero-order chi connectivity index (χ0) is 17.6. The fraction of sp³-hybridized carbons (Fsp3) is 0.167. The minimum Gasteiger partial charge on any atom is -0.330 e.